The van der Waals surface area contributed by atoms with Crippen LogP contribution < -0.4 is 5.32 Å². The number of aliphatic hydroxyl groups is 1. The minimum absolute atomic E-state index is 0.000691. The van der Waals surface area contributed by atoms with Gasteiger partial charge in [-0.15, -0.1) is 0 Å². The van der Waals surface area contributed by atoms with Crippen LogP contribution in [0, 0.1) is 11.3 Å². The lowest BCUT2D eigenvalue weighted by molar-refractivity contribution is -0.119. The van der Waals surface area contributed by atoms with Crippen LogP contribution in [-0.4, -0.2) is 26.2 Å². The molecule has 0 atom stereocenters. The molecule has 26 heavy (non-hydrogen) atoms. The number of aromatic nitrogens is 2. The maximum atomic E-state index is 12.3. The number of nitriles is 1. The fourth-order valence-corrected chi connectivity index (χ4v) is 3.71. The van der Waals surface area contributed by atoms with E-state index in [1.165, 1.54) is 0 Å². The van der Waals surface area contributed by atoms with Crippen LogP contribution in [0.3, 0.4) is 0 Å². The topological polar surface area (TPSA) is 90.9 Å². The normalized spacial score (nSPS) is 17.8. The van der Waals surface area contributed by atoms with E-state index in [4.69, 9.17) is 0 Å². The molecule has 2 aromatic rings. The van der Waals surface area contributed by atoms with Crippen molar-refractivity contribution >= 4 is 22.9 Å². The highest BCUT2D eigenvalue weighted by molar-refractivity contribution is 5.93. The summed E-state index contributed by atoms with van der Waals surface area (Å²) in [5.74, 6) is 0.699. The van der Waals surface area contributed by atoms with Gasteiger partial charge in [-0.25, -0.2) is 4.98 Å². The number of nitrogens with one attached hydrogen (secondary N) is 1. The number of benzene rings is 1. The summed E-state index contributed by atoms with van der Waals surface area (Å²) >= 11 is 0. The Labute approximate surface area is 152 Å². The predicted molar refractivity (Wildman–Crippen MR) is 98.9 cm³/mol. The number of imidazole rings is 1. The first-order valence-electron chi connectivity index (χ1n) is 9.34. The molecule has 0 aliphatic heterocycles. The second-order valence-corrected chi connectivity index (χ2v) is 8.21. The van der Waals surface area contributed by atoms with Crippen LogP contribution in [0.2, 0.25) is 0 Å². The average Bonchev–Trinajstić information content (AvgIpc) is 3.27. The van der Waals surface area contributed by atoms with E-state index in [9.17, 15) is 15.2 Å². The number of carbonyl (C=O) groups is 1. The Morgan fingerprint density at radius 3 is 2.65 bits per heavy atom. The SMILES string of the molecule is CC(C)(O)CC(=O)Nc1nc2ccc(C3CC3)c(C#N)c2n1C1CCC1. The summed E-state index contributed by atoms with van der Waals surface area (Å²) in [5, 5.41) is 22.6. The van der Waals surface area contributed by atoms with Crippen LogP contribution in [-0.2, 0) is 4.79 Å². The number of anilines is 1. The van der Waals surface area contributed by atoms with Crippen LogP contribution in [0.4, 0.5) is 5.95 Å². The standard InChI is InChI=1S/C20H24N4O2/c1-20(2,26)10-17(25)23-19-22-16-9-8-14(12-6-7-12)15(11-21)18(16)24(19)13-4-3-5-13/h8-9,12-13,26H,3-7,10H2,1-2H3,(H,22,23,25). The van der Waals surface area contributed by atoms with Crippen molar-refractivity contribution in [2.75, 3.05) is 5.32 Å². The second-order valence-electron chi connectivity index (χ2n) is 8.21. The zero-order valence-electron chi connectivity index (χ0n) is 15.2. The van der Waals surface area contributed by atoms with Gasteiger partial charge in [0.1, 0.15) is 6.07 Å². The summed E-state index contributed by atoms with van der Waals surface area (Å²) < 4.78 is 2.05. The Morgan fingerprint density at radius 1 is 1.38 bits per heavy atom. The third-order valence-corrected chi connectivity index (χ3v) is 5.30. The summed E-state index contributed by atoms with van der Waals surface area (Å²) in [6, 6.07) is 6.63. The molecule has 2 aliphatic rings. The average molecular weight is 352 g/mol. The monoisotopic (exact) mass is 352 g/mol. The van der Waals surface area contributed by atoms with E-state index in [1.54, 1.807) is 13.8 Å². The van der Waals surface area contributed by atoms with Gasteiger partial charge in [-0.2, -0.15) is 5.26 Å². The zero-order valence-corrected chi connectivity index (χ0v) is 15.2. The highest BCUT2D eigenvalue weighted by Gasteiger charge is 2.32. The molecule has 2 fully saturated rings. The smallest absolute Gasteiger partial charge is 0.229 e. The lowest BCUT2D eigenvalue weighted by atomic mass is 9.92. The Bertz CT molecular complexity index is 909. The van der Waals surface area contributed by atoms with Crippen LogP contribution in [0.1, 0.15) is 75.5 Å². The molecule has 1 heterocycles. The molecule has 136 valence electrons. The number of fused-ring (bicyclic) bond motifs is 1. The van der Waals surface area contributed by atoms with Crippen molar-refractivity contribution < 1.29 is 9.90 Å². The fourth-order valence-electron chi connectivity index (χ4n) is 3.71. The molecule has 2 aliphatic carbocycles. The van der Waals surface area contributed by atoms with Crippen molar-refractivity contribution in [2.24, 2.45) is 0 Å². The van der Waals surface area contributed by atoms with Crippen molar-refractivity contribution in [1.82, 2.24) is 9.55 Å². The van der Waals surface area contributed by atoms with Gasteiger partial charge < -0.3 is 9.67 Å². The molecule has 0 bridgehead atoms. The molecule has 0 radical (unpaired) electrons. The molecule has 1 aromatic carbocycles. The maximum Gasteiger partial charge on any atom is 0.229 e. The molecular weight excluding hydrogens is 328 g/mol. The Kier molecular flexibility index (Phi) is 4.00. The Balaban J connectivity index is 1.80. The maximum absolute atomic E-state index is 12.3. The molecule has 4 rings (SSSR count). The molecule has 0 unspecified atom stereocenters. The zero-order chi connectivity index (χ0) is 18.5. The number of carbonyl (C=O) groups excluding carboxylic acids is 1. The molecule has 0 spiro atoms. The van der Waals surface area contributed by atoms with Crippen LogP contribution in [0.5, 0.6) is 0 Å². The van der Waals surface area contributed by atoms with Crippen LogP contribution in [0.15, 0.2) is 12.1 Å². The van der Waals surface area contributed by atoms with Gasteiger partial charge in [0.2, 0.25) is 11.9 Å². The largest absolute Gasteiger partial charge is 0.390 e. The Morgan fingerprint density at radius 2 is 2.12 bits per heavy atom. The van der Waals surface area contributed by atoms with E-state index in [0.717, 1.165) is 48.7 Å². The second kappa shape index (κ2) is 6.10. The van der Waals surface area contributed by atoms with Gasteiger partial charge in [0, 0.05) is 6.04 Å². The molecule has 6 heteroatoms. The fraction of sp³-hybridized carbons (Fsp3) is 0.550. The van der Waals surface area contributed by atoms with Crippen LogP contribution in [0.25, 0.3) is 11.0 Å². The van der Waals surface area contributed by atoms with Gasteiger partial charge >= 0.3 is 0 Å². The third kappa shape index (κ3) is 3.08. The summed E-state index contributed by atoms with van der Waals surface area (Å²) in [6.45, 7) is 3.22. The van der Waals surface area contributed by atoms with Gasteiger partial charge in [0.05, 0.1) is 28.6 Å². The van der Waals surface area contributed by atoms with E-state index in [1.807, 2.05) is 16.7 Å². The summed E-state index contributed by atoms with van der Waals surface area (Å²) in [6.07, 6.45) is 5.46. The quantitative estimate of drug-likeness (QED) is 0.860. The van der Waals surface area contributed by atoms with E-state index in [-0.39, 0.29) is 18.4 Å². The summed E-state index contributed by atoms with van der Waals surface area (Å²) in [4.78, 5) is 16.9. The molecule has 1 aromatic heterocycles. The van der Waals surface area contributed by atoms with E-state index in [0.29, 0.717) is 17.4 Å². The predicted octanol–water partition coefficient (Wildman–Crippen LogP) is 3.61. The van der Waals surface area contributed by atoms with Gasteiger partial charge in [0.15, 0.2) is 0 Å². The number of amides is 1. The van der Waals surface area contributed by atoms with Crippen LogP contribution >= 0.6 is 0 Å². The first kappa shape index (κ1) is 17.0. The number of hydrogen-bond donors (Lipinski definition) is 2. The first-order valence-corrected chi connectivity index (χ1v) is 9.34. The molecule has 6 nitrogen and oxygen atoms in total. The summed E-state index contributed by atoms with van der Waals surface area (Å²) in [7, 11) is 0. The minimum atomic E-state index is -1.08. The van der Waals surface area contributed by atoms with Crippen molar-refractivity contribution in [3.05, 3.63) is 23.3 Å². The van der Waals surface area contributed by atoms with Crippen molar-refractivity contribution in [3.8, 4) is 6.07 Å². The molecular formula is C20H24N4O2. The van der Waals surface area contributed by atoms with Gasteiger partial charge in [-0.1, -0.05) is 6.07 Å². The third-order valence-electron chi connectivity index (χ3n) is 5.30. The molecule has 0 saturated heterocycles. The first-order chi connectivity index (χ1) is 12.4. The van der Waals surface area contributed by atoms with Gasteiger partial charge in [-0.05, 0) is 63.5 Å². The molecule has 2 saturated carbocycles. The molecule has 1 amide bonds. The summed E-state index contributed by atoms with van der Waals surface area (Å²) in [5.41, 5.74) is 2.33. The lowest BCUT2D eigenvalue weighted by Gasteiger charge is -2.29. The highest BCUT2D eigenvalue weighted by Crippen LogP contribution is 2.45. The van der Waals surface area contributed by atoms with E-state index < -0.39 is 5.60 Å². The van der Waals surface area contributed by atoms with E-state index >= 15 is 0 Å². The lowest BCUT2D eigenvalue weighted by Crippen LogP contribution is -2.29. The van der Waals surface area contributed by atoms with Gasteiger partial charge in [-0.3, -0.25) is 10.1 Å². The van der Waals surface area contributed by atoms with Crippen molar-refractivity contribution in [3.63, 3.8) is 0 Å². The van der Waals surface area contributed by atoms with E-state index in [2.05, 4.69) is 16.4 Å². The van der Waals surface area contributed by atoms with Crippen molar-refractivity contribution in [2.45, 2.75) is 69.9 Å². The van der Waals surface area contributed by atoms with Crippen molar-refractivity contribution in [1.29, 1.82) is 5.26 Å². The highest BCUT2D eigenvalue weighted by atomic mass is 16.3. The number of nitrogens with zero attached hydrogens (tertiary/aromatic N) is 3. The Hall–Kier alpha value is -2.39. The number of rotatable bonds is 5. The van der Waals surface area contributed by atoms with Gasteiger partial charge in [0.25, 0.3) is 0 Å². The minimum Gasteiger partial charge on any atom is -0.390 e. The molecule has 2 N–H and O–H groups in total. The number of hydrogen-bond acceptors (Lipinski definition) is 4.